The maximum atomic E-state index is 13.2. The second-order valence-electron chi connectivity index (χ2n) is 10.2. The van der Waals surface area contributed by atoms with Crippen LogP contribution in [0.3, 0.4) is 0 Å². The molecule has 1 aromatic rings. The van der Waals surface area contributed by atoms with Crippen molar-refractivity contribution in [2.24, 2.45) is 34.5 Å². The van der Waals surface area contributed by atoms with E-state index in [0.29, 0.717) is 41.9 Å². The number of allylic oxidation sites excluding steroid dienone is 2. The van der Waals surface area contributed by atoms with E-state index in [2.05, 4.69) is 24.9 Å². The van der Waals surface area contributed by atoms with Gasteiger partial charge in [0.1, 0.15) is 11.6 Å². The fraction of sp³-hybridized carbons (Fsp3) is 0.600. The molecule has 4 heteroatoms. The van der Waals surface area contributed by atoms with Gasteiger partial charge in [0.05, 0.1) is 5.92 Å². The predicted molar refractivity (Wildman–Crippen MR) is 109 cm³/mol. The van der Waals surface area contributed by atoms with Crippen molar-refractivity contribution in [3.63, 3.8) is 0 Å². The van der Waals surface area contributed by atoms with Gasteiger partial charge in [-0.15, -0.1) is 0 Å². The van der Waals surface area contributed by atoms with Crippen molar-refractivity contribution >= 4 is 17.3 Å². The van der Waals surface area contributed by atoms with Crippen LogP contribution in [0, 0.1) is 34.5 Å². The number of ketones is 3. The Bertz CT molecular complexity index is 919. The summed E-state index contributed by atoms with van der Waals surface area (Å²) in [4.78, 5) is 42.7. The Kier molecular flexibility index (Phi) is 4.20. The lowest BCUT2D eigenvalue weighted by atomic mass is 9.47. The van der Waals surface area contributed by atoms with Crippen molar-refractivity contribution in [2.75, 3.05) is 0 Å². The number of carbonyl (C=O) groups is 3. The molecule has 0 N–H and O–H groups in total. The fourth-order valence-electron chi connectivity index (χ4n) is 7.29. The van der Waals surface area contributed by atoms with Gasteiger partial charge in [0.25, 0.3) is 0 Å². The molecule has 0 spiro atoms. The summed E-state index contributed by atoms with van der Waals surface area (Å²) in [5.74, 6) is 1.31. The lowest BCUT2D eigenvalue weighted by Crippen LogP contribution is -2.52. The number of hydrogen-bond acceptors (Lipinski definition) is 4. The molecule has 3 saturated carbocycles. The molecule has 4 nitrogen and oxygen atoms in total. The van der Waals surface area contributed by atoms with E-state index in [4.69, 9.17) is 0 Å². The Morgan fingerprint density at radius 3 is 2.55 bits per heavy atom. The van der Waals surface area contributed by atoms with Gasteiger partial charge in [-0.05, 0) is 67.4 Å². The molecule has 6 unspecified atom stereocenters. The minimum Gasteiger partial charge on any atom is -0.299 e. The number of carbonyl (C=O) groups excluding carboxylic acids is 3. The van der Waals surface area contributed by atoms with Crippen LogP contribution in [0.15, 0.2) is 36.2 Å². The average Bonchev–Trinajstić information content (AvgIpc) is 3.03. The Morgan fingerprint density at radius 1 is 1.07 bits per heavy atom. The third-order valence-electron chi connectivity index (χ3n) is 9.00. The Balaban J connectivity index is 1.47. The lowest BCUT2D eigenvalue weighted by molar-refractivity contribution is -0.132. The molecule has 0 aromatic carbocycles. The topological polar surface area (TPSA) is 64.1 Å². The van der Waals surface area contributed by atoms with Gasteiger partial charge in [0.15, 0.2) is 5.78 Å². The Labute approximate surface area is 172 Å². The number of pyridine rings is 1. The first-order valence-electron chi connectivity index (χ1n) is 11.0. The molecule has 4 aliphatic carbocycles. The molecule has 0 bridgehead atoms. The van der Waals surface area contributed by atoms with E-state index in [9.17, 15) is 14.4 Å². The molecule has 1 aromatic heterocycles. The van der Waals surface area contributed by atoms with E-state index >= 15 is 0 Å². The van der Waals surface area contributed by atoms with Gasteiger partial charge in [-0.25, -0.2) is 0 Å². The van der Waals surface area contributed by atoms with Gasteiger partial charge in [0, 0.05) is 36.2 Å². The molecular weight excluding hydrogens is 362 g/mol. The summed E-state index contributed by atoms with van der Waals surface area (Å²) >= 11 is 0. The van der Waals surface area contributed by atoms with Crippen LogP contribution in [-0.4, -0.2) is 22.3 Å². The molecule has 4 aliphatic rings. The fourth-order valence-corrected chi connectivity index (χ4v) is 7.29. The van der Waals surface area contributed by atoms with Crippen LogP contribution in [0.5, 0.6) is 0 Å². The quantitative estimate of drug-likeness (QED) is 0.420. The van der Waals surface area contributed by atoms with Crippen LogP contribution < -0.4 is 0 Å². The highest BCUT2D eigenvalue weighted by Gasteiger charge is 2.59. The number of aromatic nitrogens is 1. The molecule has 29 heavy (non-hydrogen) atoms. The summed E-state index contributed by atoms with van der Waals surface area (Å²) in [6.07, 6.45) is 11.2. The molecule has 6 atom stereocenters. The number of hydrogen-bond donors (Lipinski definition) is 0. The first-order valence-corrected chi connectivity index (χ1v) is 11.0. The highest BCUT2D eigenvalue weighted by molar-refractivity contribution is 6.11. The van der Waals surface area contributed by atoms with Crippen LogP contribution in [0.25, 0.3) is 0 Å². The predicted octanol–water partition coefficient (Wildman–Crippen LogP) is 4.59. The zero-order chi connectivity index (χ0) is 20.4. The third kappa shape index (κ3) is 2.64. The minimum atomic E-state index is -0.558. The number of rotatable bonds is 2. The van der Waals surface area contributed by atoms with Crippen LogP contribution in [-0.2, 0) is 9.59 Å². The molecule has 1 heterocycles. The van der Waals surface area contributed by atoms with E-state index in [0.717, 1.165) is 32.1 Å². The van der Waals surface area contributed by atoms with Gasteiger partial charge < -0.3 is 0 Å². The van der Waals surface area contributed by atoms with Crippen molar-refractivity contribution in [2.45, 2.75) is 58.8 Å². The number of Topliss-reactive ketones (excluding diaryl/α,β-unsaturated/α-hetero) is 3. The zero-order valence-corrected chi connectivity index (χ0v) is 17.3. The van der Waals surface area contributed by atoms with E-state index < -0.39 is 5.92 Å². The van der Waals surface area contributed by atoms with Gasteiger partial charge >= 0.3 is 0 Å². The second-order valence-corrected chi connectivity index (χ2v) is 10.2. The van der Waals surface area contributed by atoms with Gasteiger partial charge in [-0.1, -0.05) is 25.5 Å². The Morgan fingerprint density at radius 2 is 1.79 bits per heavy atom. The van der Waals surface area contributed by atoms with Crippen molar-refractivity contribution in [1.29, 1.82) is 0 Å². The van der Waals surface area contributed by atoms with Crippen molar-refractivity contribution < 1.29 is 14.4 Å². The molecular formula is C25H29NO3. The molecule has 152 valence electrons. The summed E-state index contributed by atoms with van der Waals surface area (Å²) in [6, 6.07) is 3.42. The monoisotopic (exact) mass is 391 g/mol. The van der Waals surface area contributed by atoms with Gasteiger partial charge in [0.2, 0.25) is 0 Å². The van der Waals surface area contributed by atoms with Crippen molar-refractivity contribution in [3.8, 4) is 0 Å². The second kappa shape index (κ2) is 6.45. The summed E-state index contributed by atoms with van der Waals surface area (Å²) in [7, 11) is 0. The highest BCUT2D eigenvalue weighted by Crippen LogP contribution is 2.64. The number of nitrogens with zero attached hydrogens (tertiary/aromatic N) is 1. The SMILES string of the molecule is CC12CCC3C(CC=C4CC(=O)C(C(=O)c5ccncc5)CC43C)C1CCC2=O. The van der Waals surface area contributed by atoms with Crippen molar-refractivity contribution in [1.82, 2.24) is 4.98 Å². The molecule has 0 aliphatic heterocycles. The summed E-state index contributed by atoms with van der Waals surface area (Å²) in [6.45, 7) is 4.47. The van der Waals surface area contributed by atoms with Crippen LogP contribution in [0.1, 0.15) is 69.2 Å². The van der Waals surface area contributed by atoms with E-state index in [1.807, 2.05) is 0 Å². The summed E-state index contributed by atoms with van der Waals surface area (Å²) in [5, 5.41) is 0. The van der Waals surface area contributed by atoms with Crippen molar-refractivity contribution in [3.05, 3.63) is 41.7 Å². The number of fused-ring (bicyclic) bond motifs is 5. The summed E-state index contributed by atoms with van der Waals surface area (Å²) < 4.78 is 0. The Hall–Kier alpha value is -2.10. The minimum absolute atomic E-state index is 0.0588. The lowest BCUT2D eigenvalue weighted by Gasteiger charge is -2.56. The first kappa shape index (κ1) is 18.9. The third-order valence-corrected chi connectivity index (χ3v) is 9.00. The smallest absolute Gasteiger partial charge is 0.173 e. The van der Waals surface area contributed by atoms with E-state index in [1.165, 1.54) is 5.57 Å². The van der Waals surface area contributed by atoms with E-state index in [1.54, 1.807) is 24.5 Å². The average molecular weight is 392 g/mol. The first-order chi connectivity index (χ1) is 13.8. The molecule has 0 saturated heterocycles. The summed E-state index contributed by atoms with van der Waals surface area (Å²) in [5.41, 5.74) is 1.56. The van der Waals surface area contributed by atoms with Gasteiger partial charge in [-0.3, -0.25) is 19.4 Å². The maximum Gasteiger partial charge on any atom is 0.173 e. The molecule has 5 rings (SSSR count). The van der Waals surface area contributed by atoms with Gasteiger partial charge in [-0.2, -0.15) is 0 Å². The normalized spacial score (nSPS) is 41.2. The van der Waals surface area contributed by atoms with Crippen LogP contribution >= 0.6 is 0 Å². The highest BCUT2D eigenvalue weighted by atomic mass is 16.2. The molecule has 0 radical (unpaired) electrons. The zero-order valence-electron chi connectivity index (χ0n) is 17.3. The standard InChI is InChI=1S/C25H29NO3/c1-24-10-7-20-17(19(24)5-6-22(24)28)4-3-16-13-21(27)18(14-25(16,20)2)23(29)15-8-11-26-12-9-15/h3,8-9,11-12,17-20H,4-7,10,13-14H2,1-2H3. The molecule has 3 fully saturated rings. The van der Waals surface area contributed by atoms with E-state index in [-0.39, 0.29) is 22.4 Å². The maximum absolute atomic E-state index is 13.2. The molecule has 0 amide bonds. The van der Waals surface area contributed by atoms with Crippen LogP contribution in [0.2, 0.25) is 0 Å². The largest absolute Gasteiger partial charge is 0.299 e. The van der Waals surface area contributed by atoms with Crippen LogP contribution in [0.4, 0.5) is 0 Å².